The van der Waals surface area contributed by atoms with Crippen LogP contribution in [0.4, 0.5) is 4.79 Å². The molecule has 5 nitrogen and oxygen atoms in total. The first-order chi connectivity index (χ1) is 9.44. The van der Waals surface area contributed by atoms with Gasteiger partial charge in [0, 0.05) is 19.7 Å². The number of nitrogens with one attached hydrogen (secondary N) is 2. The maximum atomic E-state index is 11.8. The fourth-order valence-electron chi connectivity index (χ4n) is 2.42. The van der Waals surface area contributed by atoms with Gasteiger partial charge in [-0.1, -0.05) is 27.7 Å². The highest BCUT2D eigenvalue weighted by atomic mass is 16.5. The van der Waals surface area contributed by atoms with Gasteiger partial charge in [0.05, 0.1) is 12.6 Å². The number of urea groups is 1. The number of hydrogen-bond acceptors (Lipinski definition) is 3. The van der Waals surface area contributed by atoms with Gasteiger partial charge in [0.2, 0.25) is 0 Å². The zero-order chi connectivity index (χ0) is 15.5. The first-order valence-corrected chi connectivity index (χ1v) is 7.71. The van der Waals surface area contributed by atoms with E-state index in [1.54, 1.807) is 7.11 Å². The molecule has 2 N–H and O–H groups in total. The van der Waals surface area contributed by atoms with Gasteiger partial charge in [-0.15, -0.1) is 0 Å². The highest BCUT2D eigenvalue weighted by Gasteiger charge is 2.18. The minimum atomic E-state index is -0.115. The topological polar surface area (TPSA) is 53.6 Å². The summed E-state index contributed by atoms with van der Waals surface area (Å²) >= 11 is 0. The molecule has 2 atom stereocenters. The summed E-state index contributed by atoms with van der Waals surface area (Å²) in [6, 6.07) is 0.306. The first-order valence-electron chi connectivity index (χ1n) is 7.71. The Morgan fingerprint density at radius 2 is 1.80 bits per heavy atom. The van der Waals surface area contributed by atoms with Crippen molar-refractivity contribution in [3.05, 3.63) is 0 Å². The zero-order valence-electron chi connectivity index (χ0n) is 14.0. The molecule has 0 radical (unpaired) electrons. The number of ether oxygens (including phenoxy) is 1. The fraction of sp³-hybridized carbons (Fsp3) is 0.933. The number of hydrogen-bond donors (Lipinski definition) is 2. The summed E-state index contributed by atoms with van der Waals surface area (Å²) in [6.07, 6.45) is 1.09. The molecule has 20 heavy (non-hydrogen) atoms. The van der Waals surface area contributed by atoms with Crippen molar-refractivity contribution in [2.24, 2.45) is 5.92 Å². The van der Waals surface area contributed by atoms with Crippen LogP contribution in [-0.2, 0) is 4.74 Å². The molecule has 0 aliphatic rings. The van der Waals surface area contributed by atoms with Crippen LogP contribution >= 0.6 is 0 Å². The molecule has 0 saturated heterocycles. The van der Waals surface area contributed by atoms with Crippen LogP contribution < -0.4 is 10.6 Å². The van der Waals surface area contributed by atoms with Gasteiger partial charge in [0.15, 0.2) is 0 Å². The van der Waals surface area contributed by atoms with Crippen LogP contribution in [0.1, 0.15) is 41.0 Å². The Labute approximate surface area is 124 Å². The van der Waals surface area contributed by atoms with Gasteiger partial charge < -0.3 is 15.4 Å². The summed E-state index contributed by atoms with van der Waals surface area (Å²) in [5.74, 6) is 0.623. The maximum Gasteiger partial charge on any atom is 0.315 e. The second-order valence-corrected chi connectivity index (χ2v) is 5.72. The molecule has 0 fully saturated rings. The number of rotatable bonds is 10. The van der Waals surface area contributed by atoms with E-state index in [2.05, 4.69) is 43.2 Å². The monoisotopic (exact) mass is 287 g/mol. The molecule has 0 aliphatic heterocycles. The lowest BCUT2D eigenvalue weighted by Crippen LogP contribution is -2.49. The molecule has 0 spiro atoms. The summed E-state index contributed by atoms with van der Waals surface area (Å²) in [6.45, 7) is 13.9. The largest absolute Gasteiger partial charge is 0.383 e. The Hall–Kier alpha value is -0.810. The third-order valence-corrected chi connectivity index (χ3v) is 3.36. The van der Waals surface area contributed by atoms with E-state index in [4.69, 9.17) is 4.74 Å². The molecule has 0 saturated carbocycles. The van der Waals surface area contributed by atoms with Crippen molar-refractivity contribution in [2.75, 3.05) is 33.4 Å². The smallest absolute Gasteiger partial charge is 0.315 e. The highest BCUT2D eigenvalue weighted by molar-refractivity contribution is 5.74. The van der Waals surface area contributed by atoms with E-state index in [1.165, 1.54) is 0 Å². The molecule has 0 heterocycles. The molecule has 0 aromatic carbocycles. The SMILES string of the molecule is CCN(CC)C(CNC(=O)NC(C)COC)CC(C)C. The Morgan fingerprint density at radius 3 is 2.25 bits per heavy atom. The van der Waals surface area contributed by atoms with E-state index in [0.717, 1.165) is 19.5 Å². The lowest BCUT2D eigenvalue weighted by Gasteiger charge is -2.31. The van der Waals surface area contributed by atoms with Gasteiger partial charge in [-0.2, -0.15) is 0 Å². The number of likely N-dealkylation sites (N-methyl/N-ethyl adjacent to an activating group) is 1. The molecular formula is C15H33N3O2. The Morgan fingerprint density at radius 1 is 1.20 bits per heavy atom. The molecule has 0 aromatic heterocycles. The lowest BCUT2D eigenvalue weighted by molar-refractivity contribution is 0.166. The van der Waals surface area contributed by atoms with Crippen LogP contribution in [-0.4, -0.2) is 56.4 Å². The van der Waals surface area contributed by atoms with E-state index in [0.29, 0.717) is 25.1 Å². The second kappa shape index (κ2) is 10.9. The summed E-state index contributed by atoms with van der Waals surface area (Å²) in [4.78, 5) is 14.2. The van der Waals surface area contributed by atoms with Crippen molar-refractivity contribution in [1.82, 2.24) is 15.5 Å². The summed E-state index contributed by atoms with van der Waals surface area (Å²) in [5, 5.41) is 5.85. The Balaban J connectivity index is 4.27. The molecular weight excluding hydrogens is 254 g/mol. The van der Waals surface area contributed by atoms with Gasteiger partial charge in [0.1, 0.15) is 0 Å². The number of nitrogens with zero attached hydrogens (tertiary/aromatic N) is 1. The Bertz CT molecular complexity index is 256. The Kier molecular flexibility index (Phi) is 10.5. The van der Waals surface area contributed by atoms with Crippen LogP contribution in [0.2, 0.25) is 0 Å². The van der Waals surface area contributed by atoms with E-state index in [-0.39, 0.29) is 12.1 Å². The minimum absolute atomic E-state index is 0.0250. The summed E-state index contributed by atoms with van der Waals surface area (Å²) < 4.78 is 5.01. The number of amides is 2. The predicted octanol–water partition coefficient (Wildman–Crippen LogP) is 2.08. The fourth-order valence-corrected chi connectivity index (χ4v) is 2.42. The van der Waals surface area contributed by atoms with Gasteiger partial charge in [-0.3, -0.25) is 4.90 Å². The van der Waals surface area contributed by atoms with Crippen LogP contribution in [0.5, 0.6) is 0 Å². The van der Waals surface area contributed by atoms with E-state index in [1.807, 2.05) is 6.92 Å². The van der Waals surface area contributed by atoms with Crippen molar-refractivity contribution in [2.45, 2.75) is 53.1 Å². The standard InChI is InChI=1S/C15H33N3O2/c1-7-18(8-2)14(9-12(3)4)10-16-15(19)17-13(5)11-20-6/h12-14H,7-11H2,1-6H3,(H2,16,17,19). The van der Waals surface area contributed by atoms with E-state index < -0.39 is 0 Å². The number of methoxy groups -OCH3 is 1. The molecule has 120 valence electrons. The summed E-state index contributed by atoms with van der Waals surface area (Å²) in [5.41, 5.74) is 0. The van der Waals surface area contributed by atoms with Crippen molar-refractivity contribution < 1.29 is 9.53 Å². The number of carbonyl (C=O) groups is 1. The van der Waals surface area contributed by atoms with Crippen molar-refractivity contribution in [3.8, 4) is 0 Å². The molecule has 5 heteroatoms. The van der Waals surface area contributed by atoms with Crippen LogP contribution in [0.15, 0.2) is 0 Å². The maximum absolute atomic E-state index is 11.8. The van der Waals surface area contributed by atoms with Crippen molar-refractivity contribution in [1.29, 1.82) is 0 Å². The third-order valence-electron chi connectivity index (χ3n) is 3.36. The molecule has 0 rings (SSSR count). The first kappa shape index (κ1) is 19.2. The second-order valence-electron chi connectivity index (χ2n) is 5.72. The third kappa shape index (κ3) is 8.38. The molecule has 0 aliphatic carbocycles. The average Bonchev–Trinajstić information content (AvgIpc) is 2.36. The molecule has 2 unspecified atom stereocenters. The molecule has 2 amide bonds. The molecule has 0 aromatic rings. The van der Waals surface area contributed by atoms with Crippen LogP contribution in [0, 0.1) is 5.92 Å². The van der Waals surface area contributed by atoms with Gasteiger partial charge in [0.25, 0.3) is 0 Å². The van der Waals surface area contributed by atoms with Gasteiger partial charge in [-0.25, -0.2) is 4.79 Å². The van der Waals surface area contributed by atoms with Gasteiger partial charge >= 0.3 is 6.03 Å². The normalized spacial score (nSPS) is 14.4. The van der Waals surface area contributed by atoms with E-state index in [9.17, 15) is 4.79 Å². The quantitative estimate of drug-likeness (QED) is 0.647. The van der Waals surface area contributed by atoms with E-state index >= 15 is 0 Å². The zero-order valence-corrected chi connectivity index (χ0v) is 14.0. The van der Waals surface area contributed by atoms with Crippen molar-refractivity contribution >= 4 is 6.03 Å². The highest BCUT2D eigenvalue weighted by Crippen LogP contribution is 2.10. The van der Waals surface area contributed by atoms with Crippen LogP contribution in [0.3, 0.4) is 0 Å². The average molecular weight is 287 g/mol. The lowest BCUT2D eigenvalue weighted by atomic mass is 10.0. The predicted molar refractivity (Wildman–Crippen MR) is 84.0 cm³/mol. The number of carbonyl (C=O) groups excluding carboxylic acids is 1. The van der Waals surface area contributed by atoms with Crippen molar-refractivity contribution in [3.63, 3.8) is 0 Å². The van der Waals surface area contributed by atoms with Crippen LogP contribution in [0.25, 0.3) is 0 Å². The minimum Gasteiger partial charge on any atom is -0.383 e. The van der Waals surface area contributed by atoms with Gasteiger partial charge in [-0.05, 0) is 32.4 Å². The molecule has 0 bridgehead atoms. The summed E-state index contributed by atoms with van der Waals surface area (Å²) in [7, 11) is 1.63.